The summed E-state index contributed by atoms with van der Waals surface area (Å²) in [5.41, 5.74) is 1.43. The molecule has 2 aromatic carbocycles. The zero-order chi connectivity index (χ0) is 20.0. The van der Waals surface area contributed by atoms with Crippen LogP contribution in [0.15, 0.2) is 42.5 Å². The summed E-state index contributed by atoms with van der Waals surface area (Å²) in [6.07, 6.45) is 0. The molecule has 1 amide bonds. The van der Waals surface area contributed by atoms with Gasteiger partial charge in [0.1, 0.15) is 5.75 Å². The molecular formula is C20H20ClNO4S. The minimum atomic E-state index is -3.82. The number of anilines is 1. The van der Waals surface area contributed by atoms with Gasteiger partial charge in [-0.25, -0.2) is 8.42 Å². The largest absolute Gasteiger partial charge is 0.314 e. The number of sulfone groups is 1. The van der Waals surface area contributed by atoms with Crippen LogP contribution in [0.1, 0.15) is 28.4 Å². The number of ketones is 1. The molecular weight excluding hydrogens is 386 g/mol. The fraction of sp³-hybridized carbons (Fsp3) is 0.300. The second-order valence-corrected chi connectivity index (χ2v) is 9.68. The van der Waals surface area contributed by atoms with Crippen molar-refractivity contribution in [3.05, 3.63) is 64.2 Å². The number of halogens is 1. The van der Waals surface area contributed by atoms with Gasteiger partial charge in [-0.1, -0.05) is 23.7 Å². The van der Waals surface area contributed by atoms with Crippen LogP contribution in [-0.4, -0.2) is 38.7 Å². The molecule has 1 unspecified atom stereocenters. The molecule has 0 aromatic heterocycles. The lowest BCUT2D eigenvalue weighted by molar-refractivity contribution is -0.121. The van der Waals surface area contributed by atoms with E-state index in [1.807, 2.05) is 19.1 Å². The number of likely N-dealkylation sites (N-methyl/N-ethyl adjacent to an activating group) is 1. The van der Waals surface area contributed by atoms with Gasteiger partial charge in [0.2, 0.25) is 5.91 Å². The van der Waals surface area contributed by atoms with Crippen LogP contribution in [0.2, 0.25) is 5.02 Å². The summed E-state index contributed by atoms with van der Waals surface area (Å²) >= 11 is 5.80. The van der Waals surface area contributed by atoms with Crippen molar-refractivity contribution in [2.75, 3.05) is 23.5 Å². The Bertz CT molecular complexity index is 1030. The van der Waals surface area contributed by atoms with Gasteiger partial charge in [-0.15, -0.1) is 0 Å². The van der Waals surface area contributed by atoms with E-state index in [0.29, 0.717) is 16.3 Å². The number of nitrogens with zero attached hydrogens (tertiary/aromatic N) is 1. The smallest absolute Gasteiger partial charge is 0.238 e. The van der Waals surface area contributed by atoms with Crippen molar-refractivity contribution in [2.45, 2.75) is 19.3 Å². The molecule has 2 aromatic rings. The normalized spacial score (nSPS) is 19.3. The molecule has 27 heavy (non-hydrogen) atoms. The third-order valence-electron chi connectivity index (χ3n) is 4.91. The standard InChI is InChI=1S/C20H20ClNO4S/c1-13-4-9-16-17(10-13)22(3)19(24)20(16,2)12-27(25,26)11-18(23)14-5-7-15(21)8-6-14/h4-10H,11-12H2,1-3H3. The SMILES string of the molecule is Cc1ccc2c(c1)N(C)C(=O)C2(C)CS(=O)(=O)CC(=O)c1ccc(Cl)cc1. The number of carbonyl (C=O) groups is 2. The maximum Gasteiger partial charge on any atom is 0.238 e. The Hall–Kier alpha value is -2.18. The van der Waals surface area contributed by atoms with Crippen molar-refractivity contribution in [3.63, 3.8) is 0 Å². The number of carbonyl (C=O) groups excluding carboxylic acids is 2. The van der Waals surface area contributed by atoms with Gasteiger partial charge in [-0.05, 0) is 55.3 Å². The van der Waals surface area contributed by atoms with E-state index in [1.54, 1.807) is 20.0 Å². The van der Waals surface area contributed by atoms with E-state index in [9.17, 15) is 18.0 Å². The average Bonchev–Trinajstić information content (AvgIpc) is 2.75. The van der Waals surface area contributed by atoms with E-state index >= 15 is 0 Å². The van der Waals surface area contributed by atoms with Crippen LogP contribution in [0.5, 0.6) is 0 Å². The number of hydrogen-bond donors (Lipinski definition) is 0. The number of hydrogen-bond acceptors (Lipinski definition) is 4. The van der Waals surface area contributed by atoms with Crippen LogP contribution in [0, 0.1) is 6.92 Å². The fourth-order valence-electron chi connectivity index (χ4n) is 3.53. The molecule has 7 heteroatoms. The number of amides is 1. The third kappa shape index (κ3) is 3.64. The monoisotopic (exact) mass is 405 g/mol. The van der Waals surface area contributed by atoms with E-state index in [4.69, 9.17) is 11.6 Å². The van der Waals surface area contributed by atoms with E-state index < -0.39 is 32.5 Å². The van der Waals surface area contributed by atoms with Crippen LogP contribution in [0.25, 0.3) is 0 Å². The quantitative estimate of drug-likeness (QED) is 0.716. The first-order valence-corrected chi connectivity index (χ1v) is 10.6. The van der Waals surface area contributed by atoms with Crippen LogP contribution in [0.3, 0.4) is 0 Å². The Morgan fingerprint density at radius 2 is 1.78 bits per heavy atom. The second kappa shape index (κ2) is 6.77. The minimum absolute atomic E-state index is 0.277. The number of fused-ring (bicyclic) bond motifs is 1. The first-order valence-electron chi connectivity index (χ1n) is 8.42. The molecule has 0 radical (unpaired) electrons. The highest BCUT2D eigenvalue weighted by Crippen LogP contribution is 2.42. The van der Waals surface area contributed by atoms with Crippen molar-refractivity contribution >= 4 is 38.8 Å². The van der Waals surface area contributed by atoms with E-state index in [2.05, 4.69) is 0 Å². The number of aryl methyl sites for hydroxylation is 1. The maximum atomic E-state index is 12.8. The van der Waals surface area contributed by atoms with Crippen LogP contribution >= 0.6 is 11.6 Å². The van der Waals surface area contributed by atoms with Crippen molar-refractivity contribution < 1.29 is 18.0 Å². The van der Waals surface area contributed by atoms with Crippen molar-refractivity contribution in [2.24, 2.45) is 0 Å². The minimum Gasteiger partial charge on any atom is -0.314 e. The summed E-state index contributed by atoms with van der Waals surface area (Å²) < 4.78 is 25.5. The molecule has 1 aliphatic heterocycles. The van der Waals surface area contributed by atoms with Crippen molar-refractivity contribution in [1.82, 2.24) is 0 Å². The average molecular weight is 406 g/mol. The Labute approximate surface area is 163 Å². The second-order valence-electron chi connectivity index (χ2n) is 7.18. The summed E-state index contributed by atoms with van der Waals surface area (Å²) in [7, 11) is -2.18. The molecule has 0 fully saturated rings. The zero-order valence-corrected chi connectivity index (χ0v) is 16.9. The van der Waals surface area contributed by atoms with Gasteiger partial charge in [-0.3, -0.25) is 9.59 Å². The van der Waals surface area contributed by atoms with Gasteiger partial charge in [0.25, 0.3) is 0 Å². The first-order chi connectivity index (χ1) is 12.5. The summed E-state index contributed by atoms with van der Waals surface area (Å²) in [6.45, 7) is 3.53. The van der Waals surface area contributed by atoms with Crippen LogP contribution in [-0.2, 0) is 20.0 Å². The van der Waals surface area contributed by atoms with Gasteiger partial charge in [0.15, 0.2) is 15.6 Å². The summed E-state index contributed by atoms with van der Waals surface area (Å²) in [5.74, 6) is -1.87. The number of rotatable bonds is 5. The van der Waals surface area contributed by atoms with Crippen LogP contribution < -0.4 is 4.90 Å². The molecule has 142 valence electrons. The molecule has 0 saturated heterocycles. The van der Waals surface area contributed by atoms with Gasteiger partial charge in [-0.2, -0.15) is 0 Å². The highest BCUT2D eigenvalue weighted by molar-refractivity contribution is 7.92. The lowest BCUT2D eigenvalue weighted by atomic mass is 9.85. The molecule has 0 saturated carbocycles. The molecule has 1 aliphatic rings. The molecule has 1 atom stereocenters. The van der Waals surface area contributed by atoms with Crippen molar-refractivity contribution in [3.8, 4) is 0 Å². The zero-order valence-electron chi connectivity index (χ0n) is 15.3. The topological polar surface area (TPSA) is 71.5 Å². The Kier molecular flexibility index (Phi) is 4.91. The fourth-order valence-corrected chi connectivity index (χ4v) is 5.48. The molecule has 0 N–H and O–H groups in total. The predicted octanol–water partition coefficient (Wildman–Crippen LogP) is 3.18. The Morgan fingerprint density at radius 1 is 1.15 bits per heavy atom. The lowest BCUT2D eigenvalue weighted by Gasteiger charge is -2.23. The molecule has 0 spiro atoms. The number of Topliss-reactive ketones (excluding diaryl/α,β-unsaturated/α-hetero) is 1. The summed E-state index contributed by atoms with van der Waals surface area (Å²) in [5, 5.41) is 0.466. The van der Waals surface area contributed by atoms with E-state index in [1.165, 1.54) is 29.2 Å². The summed E-state index contributed by atoms with van der Waals surface area (Å²) in [4.78, 5) is 26.7. The van der Waals surface area contributed by atoms with Gasteiger partial charge >= 0.3 is 0 Å². The van der Waals surface area contributed by atoms with Crippen molar-refractivity contribution in [1.29, 1.82) is 0 Å². The maximum absolute atomic E-state index is 12.8. The Balaban J connectivity index is 1.88. The lowest BCUT2D eigenvalue weighted by Crippen LogP contribution is -2.42. The van der Waals surface area contributed by atoms with Gasteiger partial charge in [0, 0.05) is 23.3 Å². The summed E-state index contributed by atoms with van der Waals surface area (Å²) in [6, 6.07) is 11.6. The number of benzene rings is 2. The predicted molar refractivity (Wildman–Crippen MR) is 106 cm³/mol. The highest BCUT2D eigenvalue weighted by atomic mass is 35.5. The van der Waals surface area contributed by atoms with E-state index in [0.717, 1.165) is 5.56 Å². The Morgan fingerprint density at radius 3 is 2.41 bits per heavy atom. The molecule has 0 aliphatic carbocycles. The first kappa shape index (κ1) is 19.6. The molecule has 1 heterocycles. The molecule has 5 nitrogen and oxygen atoms in total. The van der Waals surface area contributed by atoms with E-state index in [-0.39, 0.29) is 11.5 Å². The third-order valence-corrected chi connectivity index (χ3v) is 6.88. The molecule has 3 rings (SSSR count). The van der Waals surface area contributed by atoms with Gasteiger partial charge in [0.05, 0.1) is 11.2 Å². The molecule has 0 bridgehead atoms. The van der Waals surface area contributed by atoms with Crippen LogP contribution in [0.4, 0.5) is 5.69 Å². The van der Waals surface area contributed by atoms with Gasteiger partial charge < -0.3 is 4.90 Å². The highest BCUT2D eigenvalue weighted by Gasteiger charge is 2.48.